The summed E-state index contributed by atoms with van der Waals surface area (Å²) in [6.07, 6.45) is 1.04. The summed E-state index contributed by atoms with van der Waals surface area (Å²) >= 11 is 0. The van der Waals surface area contributed by atoms with Gasteiger partial charge in [-0.15, -0.1) is 0 Å². The third-order valence-corrected chi connectivity index (χ3v) is 1.09. The Labute approximate surface area is 56.8 Å². The summed E-state index contributed by atoms with van der Waals surface area (Å²) in [5, 5.41) is 0. The molecule has 0 radical (unpaired) electrons. The molecule has 0 rings (SSSR count). The summed E-state index contributed by atoms with van der Waals surface area (Å²) in [5.74, 6) is 0. The van der Waals surface area contributed by atoms with Gasteiger partial charge in [0.15, 0.2) is 0 Å². The molecule has 0 bridgehead atoms. The Bertz CT molecular complexity index is 59.0. The standard InChI is InChI=1S/C6H16N2O/c1-8(6-9-2)5-3-4-7/h3-7H2,1-2H3. The Morgan fingerprint density at radius 1 is 1.56 bits per heavy atom. The average Bonchev–Trinajstić information content (AvgIpc) is 1.85. The van der Waals surface area contributed by atoms with Crippen LogP contribution in [0.2, 0.25) is 0 Å². The number of hydrogen-bond acceptors (Lipinski definition) is 3. The molecular formula is C6H16N2O. The predicted molar refractivity (Wildman–Crippen MR) is 38.2 cm³/mol. The van der Waals surface area contributed by atoms with Gasteiger partial charge in [0.05, 0.1) is 6.73 Å². The van der Waals surface area contributed by atoms with Crippen LogP contribution in [0.1, 0.15) is 6.42 Å². The number of rotatable bonds is 5. The molecule has 0 atom stereocenters. The van der Waals surface area contributed by atoms with E-state index in [0.717, 1.165) is 19.5 Å². The van der Waals surface area contributed by atoms with Gasteiger partial charge in [0.2, 0.25) is 0 Å². The van der Waals surface area contributed by atoms with Crippen LogP contribution in [0.5, 0.6) is 0 Å². The second-order valence-corrected chi connectivity index (χ2v) is 2.14. The largest absolute Gasteiger partial charge is 0.369 e. The van der Waals surface area contributed by atoms with Crippen LogP contribution >= 0.6 is 0 Å². The summed E-state index contributed by atoms with van der Waals surface area (Å²) in [5.41, 5.74) is 5.31. The molecule has 0 aliphatic carbocycles. The Morgan fingerprint density at radius 3 is 2.67 bits per heavy atom. The van der Waals surface area contributed by atoms with Crippen LogP contribution in [-0.4, -0.2) is 38.9 Å². The number of hydrogen-bond donors (Lipinski definition) is 1. The van der Waals surface area contributed by atoms with Gasteiger partial charge in [-0.3, -0.25) is 4.90 Å². The first-order chi connectivity index (χ1) is 4.31. The molecule has 9 heavy (non-hydrogen) atoms. The molecule has 0 spiro atoms. The van der Waals surface area contributed by atoms with E-state index in [-0.39, 0.29) is 0 Å². The first-order valence-electron chi connectivity index (χ1n) is 3.18. The zero-order valence-corrected chi connectivity index (χ0v) is 6.26. The normalized spacial score (nSPS) is 10.7. The summed E-state index contributed by atoms with van der Waals surface area (Å²) in [4.78, 5) is 2.09. The van der Waals surface area contributed by atoms with E-state index < -0.39 is 0 Å². The summed E-state index contributed by atoms with van der Waals surface area (Å²) in [6, 6.07) is 0. The lowest BCUT2D eigenvalue weighted by Gasteiger charge is -2.13. The van der Waals surface area contributed by atoms with Crippen LogP contribution in [-0.2, 0) is 4.74 Å². The lowest BCUT2D eigenvalue weighted by molar-refractivity contribution is 0.0816. The lowest BCUT2D eigenvalue weighted by atomic mass is 10.4. The topological polar surface area (TPSA) is 38.5 Å². The summed E-state index contributed by atoms with van der Waals surface area (Å²) < 4.78 is 4.89. The van der Waals surface area contributed by atoms with Crippen molar-refractivity contribution < 1.29 is 4.74 Å². The minimum absolute atomic E-state index is 0.694. The highest BCUT2D eigenvalue weighted by molar-refractivity contribution is 4.44. The Balaban J connectivity index is 2.95. The van der Waals surface area contributed by atoms with Crippen molar-refractivity contribution in [2.75, 3.05) is 34.0 Å². The molecule has 0 aromatic carbocycles. The minimum atomic E-state index is 0.694. The molecule has 56 valence electrons. The molecule has 3 nitrogen and oxygen atoms in total. The zero-order valence-electron chi connectivity index (χ0n) is 6.26. The predicted octanol–water partition coefficient (Wildman–Crippen LogP) is -0.129. The van der Waals surface area contributed by atoms with E-state index in [1.807, 2.05) is 7.05 Å². The van der Waals surface area contributed by atoms with Gasteiger partial charge in [-0.2, -0.15) is 0 Å². The fourth-order valence-electron chi connectivity index (χ4n) is 0.646. The van der Waals surface area contributed by atoms with Crippen molar-refractivity contribution in [2.24, 2.45) is 5.73 Å². The molecule has 0 saturated carbocycles. The van der Waals surface area contributed by atoms with Crippen LogP contribution < -0.4 is 5.73 Å². The van der Waals surface area contributed by atoms with E-state index in [4.69, 9.17) is 10.5 Å². The molecule has 0 aromatic rings. The number of nitrogens with two attached hydrogens (primary N) is 1. The van der Waals surface area contributed by atoms with Crippen LogP contribution in [0.15, 0.2) is 0 Å². The van der Waals surface area contributed by atoms with Gasteiger partial charge in [-0.25, -0.2) is 0 Å². The molecule has 3 heteroatoms. The van der Waals surface area contributed by atoms with Crippen molar-refractivity contribution in [3.05, 3.63) is 0 Å². The monoisotopic (exact) mass is 132 g/mol. The summed E-state index contributed by atoms with van der Waals surface area (Å²) in [6.45, 7) is 2.47. The van der Waals surface area contributed by atoms with Gasteiger partial charge in [-0.05, 0) is 20.0 Å². The highest BCUT2D eigenvalue weighted by Crippen LogP contribution is 1.83. The summed E-state index contributed by atoms with van der Waals surface area (Å²) in [7, 11) is 3.71. The van der Waals surface area contributed by atoms with Gasteiger partial charge in [0.25, 0.3) is 0 Å². The van der Waals surface area contributed by atoms with Crippen LogP contribution in [0.3, 0.4) is 0 Å². The van der Waals surface area contributed by atoms with Crippen LogP contribution in [0.4, 0.5) is 0 Å². The fourth-order valence-corrected chi connectivity index (χ4v) is 0.646. The van der Waals surface area contributed by atoms with E-state index in [0.29, 0.717) is 6.73 Å². The maximum absolute atomic E-state index is 5.31. The van der Waals surface area contributed by atoms with Gasteiger partial charge >= 0.3 is 0 Å². The van der Waals surface area contributed by atoms with Crippen molar-refractivity contribution in [1.29, 1.82) is 0 Å². The van der Waals surface area contributed by atoms with Crippen molar-refractivity contribution in [3.8, 4) is 0 Å². The fraction of sp³-hybridized carbons (Fsp3) is 1.00. The van der Waals surface area contributed by atoms with Gasteiger partial charge in [-0.1, -0.05) is 0 Å². The third-order valence-electron chi connectivity index (χ3n) is 1.09. The van der Waals surface area contributed by atoms with Crippen molar-refractivity contribution in [2.45, 2.75) is 6.42 Å². The molecule has 0 aliphatic rings. The SMILES string of the molecule is COCN(C)CCCN. The smallest absolute Gasteiger partial charge is 0.0983 e. The van der Waals surface area contributed by atoms with Gasteiger partial charge in [0, 0.05) is 13.7 Å². The minimum Gasteiger partial charge on any atom is -0.369 e. The number of ether oxygens (including phenoxy) is 1. The number of methoxy groups -OCH3 is 1. The average molecular weight is 132 g/mol. The van der Waals surface area contributed by atoms with E-state index >= 15 is 0 Å². The van der Waals surface area contributed by atoms with Crippen molar-refractivity contribution >= 4 is 0 Å². The highest BCUT2D eigenvalue weighted by Gasteiger charge is 1.92. The van der Waals surface area contributed by atoms with Crippen LogP contribution in [0, 0.1) is 0 Å². The molecule has 0 heterocycles. The van der Waals surface area contributed by atoms with Crippen molar-refractivity contribution in [3.63, 3.8) is 0 Å². The van der Waals surface area contributed by atoms with Crippen LogP contribution in [0.25, 0.3) is 0 Å². The Morgan fingerprint density at radius 2 is 2.22 bits per heavy atom. The molecule has 0 fully saturated rings. The molecule has 0 aromatic heterocycles. The molecule has 0 amide bonds. The van der Waals surface area contributed by atoms with E-state index in [2.05, 4.69) is 4.90 Å². The maximum atomic E-state index is 5.31. The Kier molecular flexibility index (Phi) is 5.93. The highest BCUT2D eigenvalue weighted by atomic mass is 16.5. The molecule has 0 unspecified atom stereocenters. The van der Waals surface area contributed by atoms with Crippen molar-refractivity contribution in [1.82, 2.24) is 4.90 Å². The zero-order chi connectivity index (χ0) is 7.11. The van der Waals surface area contributed by atoms with Gasteiger partial charge < -0.3 is 10.5 Å². The molecule has 0 saturated heterocycles. The van der Waals surface area contributed by atoms with E-state index in [1.54, 1.807) is 7.11 Å². The van der Waals surface area contributed by atoms with Gasteiger partial charge in [0.1, 0.15) is 0 Å². The third kappa shape index (κ3) is 5.76. The first-order valence-corrected chi connectivity index (χ1v) is 3.18. The Hall–Kier alpha value is -0.120. The second-order valence-electron chi connectivity index (χ2n) is 2.14. The van der Waals surface area contributed by atoms with E-state index in [1.165, 1.54) is 0 Å². The second kappa shape index (κ2) is 6.01. The first kappa shape index (κ1) is 8.88. The molecule has 0 aliphatic heterocycles. The number of nitrogens with zero attached hydrogens (tertiary/aromatic N) is 1. The molecular weight excluding hydrogens is 116 g/mol. The maximum Gasteiger partial charge on any atom is 0.0983 e. The molecule has 2 N–H and O–H groups in total. The lowest BCUT2D eigenvalue weighted by Crippen LogP contribution is -2.23. The quantitative estimate of drug-likeness (QED) is 0.530. The van der Waals surface area contributed by atoms with E-state index in [9.17, 15) is 0 Å².